The highest BCUT2D eigenvalue weighted by Crippen LogP contribution is 2.41. The standard InChI is InChI=1S/C19H21NO2/c1-13(21)20-19-12-11-16(17-5-3-4-6-18(17)19)14-7-9-15(22-2)10-8-14/h3-10,16,19H,11-12H2,1-2H3,(H,20,21). The second-order valence-electron chi connectivity index (χ2n) is 5.79. The van der Waals surface area contributed by atoms with Crippen LogP contribution in [0.25, 0.3) is 0 Å². The number of nitrogens with one attached hydrogen (secondary N) is 1. The highest BCUT2D eigenvalue weighted by Gasteiger charge is 2.28. The van der Waals surface area contributed by atoms with Crippen molar-refractivity contribution < 1.29 is 9.53 Å². The van der Waals surface area contributed by atoms with E-state index in [-0.39, 0.29) is 11.9 Å². The summed E-state index contributed by atoms with van der Waals surface area (Å²) in [4.78, 5) is 11.4. The molecule has 3 rings (SSSR count). The van der Waals surface area contributed by atoms with Gasteiger partial charge in [0.15, 0.2) is 0 Å². The molecular formula is C19H21NO2. The summed E-state index contributed by atoms with van der Waals surface area (Å²) in [6, 6.07) is 16.9. The maximum Gasteiger partial charge on any atom is 0.217 e. The van der Waals surface area contributed by atoms with E-state index in [4.69, 9.17) is 4.74 Å². The van der Waals surface area contributed by atoms with Gasteiger partial charge in [0.05, 0.1) is 13.2 Å². The third-order valence-corrected chi connectivity index (χ3v) is 4.39. The van der Waals surface area contributed by atoms with Gasteiger partial charge in [-0.25, -0.2) is 0 Å². The molecule has 2 atom stereocenters. The van der Waals surface area contributed by atoms with Crippen LogP contribution in [0.5, 0.6) is 5.75 Å². The number of amides is 1. The quantitative estimate of drug-likeness (QED) is 0.935. The monoisotopic (exact) mass is 295 g/mol. The zero-order valence-electron chi connectivity index (χ0n) is 13.0. The maximum absolute atomic E-state index is 11.4. The minimum Gasteiger partial charge on any atom is -0.497 e. The summed E-state index contributed by atoms with van der Waals surface area (Å²) in [6.45, 7) is 1.58. The van der Waals surface area contributed by atoms with Gasteiger partial charge in [-0.05, 0) is 41.7 Å². The van der Waals surface area contributed by atoms with Crippen molar-refractivity contribution >= 4 is 5.91 Å². The van der Waals surface area contributed by atoms with Crippen molar-refractivity contribution in [2.75, 3.05) is 7.11 Å². The third kappa shape index (κ3) is 2.84. The van der Waals surface area contributed by atoms with E-state index >= 15 is 0 Å². The van der Waals surface area contributed by atoms with E-state index in [2.05, 4.69) is 35.6 Å². The molecule has 0 fully saturated rings. The molecule has 0 saturated carbocycles. The lowest BCUT2D eigenvalue weighted by atomic mass is 9.77. The molecule has 2 aromatic rings. The van der Waals surface area contributed by atoms with Crippen molar-refractivity contribution in [3.63, 3.8) is 0 Å². The van der Waals surface area contributed by atoms with Crippen LogP contribution in [0.1, 0.15) is 48.4 Å². The largest absolute Gasteiger partial charge is 0.497 e. The molecule has 0 aromatic heterocycles. The summed E-state index contributed by atoms with van der Waals surface area (Å²) in [5.41, 5.74) is 3.86. The Morgan fingerprint density at radius 1 is 1.05 bits per heavy atom. The number of fused-ring (bicyclic) bond motifs is 1. The third-order valence-electron chi connectivity index (χ3n) is 4.39. The summed E-state index contributed by atoms with van der Waals surface area (Å²) in [5.74, 6) is 1.29. The van der Waals surface area contributed by atoms with Crippen LogP contribution in [-0.4, -0.2) is 13.0 Å². The van der Waals surface area contributed by atoms with E-state index in [0.29, 0.717) is 5.92 Å². The van der Waals surface area contributed by atoms with Crippen molar-refractivity contribution in [3.05, 3.63) is 65.2 Å². The Labute approximate surface area is 131 Å². The molecule has 2 unspecified atom stereocenters. The van der Waals surface area contributed by atoms with Gasteiger partial charge in [-0.2, -0.15) is 0 Å². The molecule has 0 aliphatic heterocycles. The van der Waals surface area contributed by atoms with Crippen molar-refractivity contribution in [2.24, 2.45) is 0 Å². The number of carbonyl (C=O) groups excluding carboxylic acids is 1. The van der Waals surface area contributed by atoms with Gasteiger partial charge in [0.2, 0.25) is 5.91 Å². The summed E-state index contributed by atoms with van der Waals surface area (Å²) in [5, 5.41) is 3.07. The van der Waals surface area contributed by atoms with Crippen LogP contribution in [0.4, 0.5) is 0 Å². The van der Waals surface area contributed by atoms with Gasteiger partial charge < -0.3 is 10.1 Å². The first kappa shape index (κ1) is 14.6. The van der Waals surface area contributed by atoms with Crippen LogP contribution in [0.3, 0.4) is 0 Å². The molecule has 0 heterocycles. The number of methoxy groups -OCH3 is 1. The number of carbonyl (C=O) groups is 1. The molecule has 22 heavy (non-hydrogen) atoms. The molecule has 0 radical (unpaired) electrons. The van der Waals surface area contributed by atoms with Gasteiger partial charge in [-0.1, -0.05) is 36.4 Å². The van der Waals surface area contributed by atoms with E-state index in [1.54, 1.807) is 14.0 Å². The number of rotatable bonds is 3. The Morgan fingerprint density at radius 2 is 1.73 bits per heavy atom. The van der Waals surface area contributed by atoms with E-state index < -0.39 is 0 Å². The Kier molecular flexibility index (Phi) is 4.14. The van der Waals surface area contributed by atoms with Crippen LogP contribution in [0.15, 0.2) is 48.5 Å². The van der Waals surface area contributed by atoms with Gasteiger partial charge in [-0.3, -0.25) is 4.79 Å². The second-order valence-corrected chi connectivity index (χ2v) is 5.79. The fraction of sp³-hybridized carbons (Fsp3) is 0.316. The molecule has 1 N–H and O–H groups in total. The van der Waals surface area contributed by atoms with Crippen molar-refractivity contribution in [2.45, 2.75) is 31.7 Å². The van der Waals surface area contributed by atoms with E-state index in [9.17, 15) is 4.79 Å². The summed E-state index contributed by atoms with van der Waals surface area (Å²) < 4.78 is 5.24. The van der Waals surface area contributed by atoms with Crippen molar-refractivity contribution in [1.82, 2.24) is 5.32 Å². The fourth-order valence-corrected chi connectivity index (χ4v) is 3.37. The van der Waals surface area contributed by atoms with E-state index in [0.717, 1.165) is 18.6 Å². The first-order chi connectivity index (χ1) is 10.7. The lowest BCUT2D eigenvalue weighted by molar-refractivity contribution is -0.119. The lowest BCUT2D eigenvalue weighted by Gasteiger charge is -2.32. The van der Waals surface area contributed by atoms with Crippen LogP contribution in [0, 0.1) is 0 Å². The molecule has 0 spiro atoms. The topological polar surface area (TPSA) is 38.3 Å². The zero-order chi connectivity index (χ0) is 15.5. The van der Waals surface area contributed by atoms with Crippen molar-refractivity contribution in [1.29, 1.82) is 0 Å². The number of hydrogen-bond donors (Lipinski definition) is 1. The Hall–Kier alpha value is -2.29. The molecule has 1 amide bonds. The Morgan fingerprint density at radius 3 is 2.36 bits per heavy atom. The first-order valence-electron chi connectivity index (χ1n) is 7.69. The summed E-state index contributed by atoms with van der Waals surface area (Å²) in [7, 11) is 1.68. The van der Waals surface area contributed by atoms with Crippen LogP contribution < -0.4 is 10.1 Å². The molecule has 3 heteroatoms. The normalized spacial score (nSPS) is 20.1. The maximum atomic E-state index is 11.4. The second kappa shape index (κ2) is 6.22. The van der Waals surface area contributed by atoms with E-state index in [1.807, 2.05) is 18.2 Å². The Bertz CT molecular complexity index is 663. The van der Waals surface area contributed by atoms with Crippen molar-refractivity contribution in [3.8, 4) is 5.75 Å². The smallest absolute Gasteiger partial charge is 0.217 e. The lowest BCUT2D eigenvalue weighted by Crippen LogP contribution is -2.30. The molecule has 2 aromatic carbocycles. The highest BCUT2D eigenvalue weighted by molar-refractivity contribution is 5.73. The minimum atomic E-state index is 0.0303. The average Bonchev–Trinajstić information content (AvgIpc) is 2.55. The van der Waals surface area contributed by atoms with Gasteiger partial charge in [0, 0.05) is 12.8 Å². The van der Waals surface area contributed by atoms with E-state index in [1.165, 1.54) is 16.7 Å². The fourth-order valence-electron chi connectivity index (χ4n) is 3.37. The van der Waals surface area contributed by atoms with Crippen LogP contribution in [0.2, 0.25) is 0 Å². The predicted molar refractivity (Wildman–Crippen MR) is 87.1 cm³/mol. The zero-order valence-corrected chi connectivity index (χ0v) is 13.0. The SMILES string of the molecule is COc1ccc(C2CCC(NC(C)=O)c3ccccc32)cc1. The number of hydrogen-bond acceptors (Lipinski definition) is 2. The predicted octanol–water partition coefficient (Wildman–Crippen LogP) is 3.80. The number of ether oxygens (including phenoxy) is 1. The number of benzene rings is 2. The van der Waals surface area contributed by atoms with Crippen LogP contribution >= 0.6 is 0 Å². The van der Waals surface area contributed by atoms with Gasteiger partial charge in [0.25, 0.3) is 0 Å². The summed E-state index contributed by atoms with van der Waals surface area (Å²) in [6.07, 6.45) is 2.00. The molecular weight excluding hydrogens is 274 g/mol. The molecule has 1 aliphatic rings. The highest BCUT2D eigenvalue weighted by atomic mass is 16.5. The van der Waals surface area contributed by atoms with Gasteiger partial charge in [-0.15, -0.1) is 0 Å². The molecule has 0 saturated heterocycles. The average molecular weight is 295 g/mol. The van der Waals surface area contributed by atoms with Gasteiger partial charge in [0.1, 0.15) is 5.75 Å². The molecule has 114 valence electrons. The molecule has 0 bridgehead atoms. The summed E-state index contributed by atoms with van der Waals surface area (Å²) >= 11 is 0. The van der Waals surface area contributed by atoms with Gasteiger partial charge >= 0.3 is 0 Å². The Balaban J connectivity index is 1.94. The van der Waals surface area contributed by atoms with Crippen LogP contribution in [-0.2, 0) is 4.79 Å². The molecule has 1 aliphatic carbocycles. The minimum absolute atomic E-state index is 0.0303. The first-order valence-corrected chi connectivity index (χ1v) is 7.69. The molecule has 3 nitrogen and oxygen atoms in total.